The molecule has 0 radical (unpaired) electrons. The number of ether oxygens (including phenoxy) is 1. The number of nitrogens with one attached hydrogen (secondary N) is 2. The number of hydrogen-bond acceptors (Lipinski definition) is 4. The molecule has 1 amide bonds. The summed E-state index contributed by atoms with van der Waals surface area (Å²) in [7, 11) is 0. The fourth-order valence-electron chi connectivity index (χ4n) is 1.77. The summed E-state index contributed by atoms with van der Waals surface area (Å²) < 4.78 is 4.71. The summed E-state index contributed by atoms with van der Waals surface area (Å²) in [5.74, 6) is 0.159. The highest BCUT2D eigenvalue weighted by molar-refractivity contribution is 5.85. The van der Waals surface area contributed by atoms with Gasteiger partial charge in [0.05, 0.1) is 6.61 Å². The SMILES string of the molecule is CCOC(=O)CNC(=O)CCC1CCNC1.Cl. The molecule has 0 aromatic carbocycles. The molecular weight excluding hydrogens is 244 g/mol. The van der Waals surface area contributed by atoms with Gasteiger partial charge < -0.3 is 15.4 Å². The molecule has 1 heterocycles. The van der Waals surface area contributed by atoms with Gasteiger partial charge >= 0.3 is 5.97 Å². The molecule has 1 aliphatic heterocycles. The second-order valence-electron chi connectivity index (χ2n) is 3.98. The Labute approximate surface area is 108 Å². The monoisotopic (exact) mass is 264 g/mol. The number of carbonyl (C=O) groups excluding carboxylic acids is 2. The van der Waals surface area contributed by atoms with Gasteiger partial charge in [-0.25, -0.2) is 0 Å². The molecule has 1 aliphatic rings. The molecule has 0 aliphatic carbocycles. The second-order valence-corrected chi connectivity index (χ2v) is 3.98. The fraction of sp³-hybridized carbons (Fsp3) is 0.818. The Bertz CT molecular complexity index is 243. The lowest BCUT2D eigenvalue weighted by molar-refractivity contribution is -0.143. The normalized spacial score (nSPS) is 18.3. The highest BCUT2D eigenvalue weighted by Gasteiger charge is 2.15. The van der Waals surface area contributed by atoms with Crippen LogP contribution >= 0.6 is 12.4 Å². The van der Waals surface area contributed by atoms with Crippen molar-refractivity contribution in [3.63, 3.8) is 0 Å². The van der Waals surface area contributed by atoms with Crippen molar-refractivity contribution < 1.29 is 14.3 Å². The molecule has 17 heavy (non-hydrogen) atoms. The van der Waals surface area contributed by atoms with Crippen LogP contribution in [0.3, 0.4) is 0 Å². The van der Waals surface area contributed by atoms with E-state index in [2.05, 4.69) is 10.6 Å². The standard InChI is InChI=1S/C11H20N2O3.ClH/c1-2-16-11(15)8-13-10(14)4-3-9-5-6-12-7-9;/h9,12H,2-8H2,1H3,(H,13,14);1H. The summed E-state index contributed by atoms with van der Waals surface area (Å²) in [6.45, 7) is 4.13. The van der Waals surface area contributed by atoms with Crippen LogP contribution < -0.4 is 10.6 Å². The minimum atomic E-state index is -0.376. The van der Waals surface area contributed by atoms with Gasteiger partial charge in [0, 0.05) is 6.42 Å². The van der Waals surface area contributed by atoms with E-state index in [0.29, 0.717) is 18.9 Å². The lowest BCUT2D eigenvalue weighted by atomic mass is 10.0. The first-order valence-electron chi connectivity index (χ1n) is 5.85. The smallest absolute Gasteiger partial charge is 0.325 e. The van der Waals surface area contributed by atoms with Gasteiger partial charge in [0.2, 0.25) is 5.91 Å². The Kier molecular flexibility index (Phi) is 8.80. The van der Waals surface area contributed by atoms with E-state index in [-0.39, 0.29) is 30.8 Å². The molecule has 1 saturated heterocycles. The molecule has 0 aromatic heterocycles. The summed E-state index contributed by atoms with van der Waals surface area (Å²) in [5.41, 5.74) is 0. The van der Waals surface area contributed by atoms with Crippen molar-refractivity contribution in [1.29, 1.82) is 0 Å². The highest BCUT2D eigenvalue weighted by atomic mass is 35.5. The summed E-state index contributed by atoms with van der Waals surface area (Å²) in [6.07, 6.45) is 2.53. The zero-order chi connectivity index (χ0) is 11.8. The van der Waals surface area contributed by atoms with Crippen LogP contribution in [0.1, 0.15) is 26.2 Å². The molecule has 5 nitrogen and oxygen atoms in total. The van der Waals surface area contributed by atoms with E-state index in [1.54, 1.807) is 6.92 Å². The van der Waals surface area contributed by atoms with Crippen LogP contribution in [-0.2, 0) is 14.3 Å². The highest BCUT2D eigenvalue weighted by Crippen LogP contribution is 2.13. The zero-order valence-electron chi connectivity index (χ0n) is 10.2. The van der Waals surface area contributed by atoms with Crippen molar-refractivity contribution in [3.05, 3.63) is 0 Å². The van der Waals surface area contributed by atoms with Gasteiger partial charge in [-0.1, -0.05) is 0 Å². The molecular formula is C11H21ClN2O3. The van der Waals surface area contributed by atoms with Gasteiger partial charge in [0.25, 0.3) is 0 Å². The average molecular weight is 265 g/mol. The summed E-state index contributed by atoms with van der Waals surface area (Å²) in [4.78, 5) is 22.3. The van der Waals surface area contributed by atoms with E-state index >= 15 is 0 Å². The minimum absolute atomic E-state index is 0. The molecule has 1 fully saturated rings. The van der Waals surface area contributed by atoms with Crippen LogP contribution in [0.5, 0.6) is 0 Å². The maximum atomic E-state index is 11.4. The maximum absolute atomic E-state index is 11.4. The van der Waals surface area contributed by atoms with Crippen LogP contribution in [0.25, 0.3) is 0 Å². The van der Waals surface area contributed by atoms with Crippen molar-refractivity contribution in [2.45, 2.75) is 26.2 Å². The van der Waals surface area contributed by atoms with Crippen LogP contribution in [0.4, 0.5) is 0 Å². The Morgan fingerprint density at radius 3 is 2.82 bits per heavy atom. The van der Waals surface area contributed by atoms with Gasteiger partial charge in [-0.3, -0.25) is 9.59 Å². The van der Waals surface area contributed by atoms with Crippen LogP contribution in [-0.4, -0.2) is 38.1 Å². The Balaban J connectivity index is 0.00000256. The number of esters is 1. The quantitative estimate of drug-likeness (QED) is 0.685. The third-order valence-corrected chi connectivity index (χ3v) is 2.68. The Hall–Kier alpha value is -0.810. The van der Waals surface area contributed by atoms with Gasteiger partial charge in [-0.2, -0.15) is 0 Å². The molecule has 0 bridgehead atoms. The zero-order valence-corrected chi connectivity index (χ0v) is 11.0. The lowest BCUT2D eigenvalue weighted by Crippen LogP contribution is -2.30. The van der Waals surface area contributed by atoms with Crippen molar-refractivity contribution >= 4 is 24.3 Å². The van der Waals surface area contributed by atoms with Gasteiger partial charge in [-0.05, 0) is 38.8 Å². The molecule has 1 unspecified atom stereocenters. The first-order chi connectivity index (χ1) is 7.72. The van der Waals surface area contributed by atoms with Crippen molar-refractivity contribution in [2.24, 2.45) is 5.92 Å². The largest absolute Gasteiger partial charge is 0.465 e. The topological polar surface area (TPSA) is 67.4 Å². The van der Waals surface area contributed by atoms with Crippen LogP contribution in [0.2, 0.25) is 0 Å². The molecule has 0 saturated carbocycles. The molecule has 100 valence electrons. The van der Waals surface area contributed by atoms with Crippen molar-refractivity contribution in [1.82, 2.24) is 10.6 Å². The minimum Gasteiger partial charge on any atom is -0.465 e. The van der Waals surface area contributed by atoms with Gasteiger partial charge in [0.15, 0.2) is 0 Å². The number of amides is 1. The molecule has 1 rings (SSSR count). The van der Waals surface area contributed by atoms with Crippen LogP contribution in [0.15, 0.2) is 0 Å². The first-order valence-corrected chi connectivity index (χ1v) is 5.85. The number of hydrogen-bond donors (Lipinski definition) is 2. The van der Waals surface area contributed by atoms with Crippen molar-refractivity contribution in [2.75, 3.05) is 26.2 Å². The second kappa shape index (κ2) is 9.24. The molecule has 0 spiro atoms. The Morgan fingerprint density at radius 1 is 1.47 bits per heavy atom. The summed E-state index contributed by atoms with van der Waals surface area (Å²) in [6, 6.07) is 0. The first kappa shape index (κ1) is 16.2. The summed E-state index contributed by atoms with van der Waals surface area (Å²) in [5, 5.41) is 5.81. The lowest BCUT2D eigenvalue weighted by Gasteiger charge is -2.08. The molecule has 1 atom stereocenters. The number of rotatable bonds is 6. The van der Waals surface area contributed by atoms with E-state index < -0.39 is 0 Å². The van der Waals surface area contributed by atoms with E-state index in [0.717, 1.165) is 25.9 Å². The third kappa shape index (κ3) is 7.18. The number of carbonyl (C=O) groups is 2. The molecule has 0 aromatic rings. The molecule has 6 heteroatoms. The average Bonchev–Trinajstić information content (AvgIpc) is 2.77. The Morgan fingerprint density at radius 2 is 2.24 bits per heavy atom. The fourth-order valence-corrected chi connectivity index (χ4v) is 1.77. The predicted molar refractivity (Wildman–Crippen MR) is 67.1 cm³/mol. The summed E-state index contributed by atoms with van der Waals surface area (Å²) >= 11 is 0. The third-order valence-electron chi connectivity index (χ3n) is 2.68. The van der Waals surface area contributed by atoms with E-state index in [9.17, 15) is 9.59 Å². The van der Waals surface area contributed by atoms with Crippen molar-refractivity contribution in [3.8, 4) is 0 Å². The van der Waals surface area contributed by atoms with Gasteiger partial charge in [0.1, 0.15) is 6.54 Å². The van der Waals surface area contributed by atoms with Crippen LogP contribution in [0, 0.1) is 5.92 Å². The van der Waals surface area contributed by atoms with E-state index in [4.69, 9.17) is 4.74 Å². The van der Waals surface area contributed by atoms with Gasteiger partial charge in [-0.15, -0.1) is 12.4 Å². The van der Waals surface area contributed by atoms with E-state index in [1.165, 1.54) is 0 Å². The number of halogens is 1. The predicted octanol–water partition coefficient (Wildman–Crippen LogP) is 0.477. The molecule has 2 N–H and O–H groups in total. The van der Waals surface area contributed by atoms with E-state index in [1.807, 2.05) is 0 Å². The maximum Gasteiger partial charge on any atom is 0.325 e.